The predicted molar refractivity (Wildman–Crippen MR) is 104 cm³/mol. The summed E-state index contributed by atoms with van der Waals surface area (Å²) in [5.74, 6) is -1.35. The van der Waals surface area contributed by atoms with E-state index in [1.54, 1.807) is 42.3 Å². The molecular weight excluding hydrogens is 362 g/mol. The molecular formula is C21H19NO6. The Kier molecular flexibility index (Phi) is 5.17. The zero-order valence-electron chi connectivity index (χ0n) is 15.9. The van der Waals surface area contributed by atoms with E-state index in [4.69, 9.17) is 13.9 Å². The lowest BCUT2D eigenvalue weighted by molar-refractivity contribution is -0.139. The molecule has 3 rings (SSSR count). The van der Waals surface area contributed by atoms with E-state index in [0.29, 0.717) is 11.3 Å². The number of anilines is 1. The van der Waals surface area contributed by atoms with E-state index < -0.39 is 17.6 Å². The number of ether oxygens (including phenoxy) is 2. The molecule has 0 saturated carbocycles. The number of carbonyl (C=O) groups is 2. The van der Waals surface area contributed by atoms with Crippen molar-refractivity contribution in [2.75, 3.05) is 19.1 Å². The maximum Gasteiger partial charge on any atom is 0.355 e. The van der Waals surface area contributed by atoms with Crippen molar-refractivity contribution in [3.63, 3.8) is 0 Å². The highest BCUT2D eigenvalue weighted by Gasteiger charge is 2.28. The SMILES string of the molecule is COC(=O)C1=C(C(=O)OC)N(c2cc3c(C)cc(=O)oc3cc2C)C=CC=C1. The quantitative estimate of drug-likeness (QED) is 0.597. The minimum absolute atomic E-state index is 0.0248. The van der Waals surface area contributed by atoms with Crippen molar-refractivity contribution in [2.24, 2.45) is 0 Å². The van der Waals surface area contributed by atoms with Gasteiger partial charge in [0.05, 0.1) is 19.8 Å². The van der Waals surface area contributed by atoms with Crippen LogP contribution in [0.15, 0.2) is 63.1 Å². The predicted octanol–water partition coefficient (Wildman–Crippen LogP) is 2.90. The number of nitrogens with zero attached hydrogens (tertiary/aromatic N) is 1. The molecule has 1 aromatic carbocycles. The van der Waals surface area contributed by atoms with Gasteiger partial charge >= 0.3 is 17.6 Å². The molecule has 28 heavy (non-hydrogen) atoms. The van der Waals surface area contributed by atoms with E-state index in [2.05, 4.69) is 0 Å². The van der Waals surface area contributed by atoms with Gasteiger partial charge in [0.25, 0.3) is 0 Å². The molecule has 2 aromatic rings. The van der Waals surface area contributed by atoms with Crippen LogP contribution in [0, 0.1) is 13.8 Å². The van der Waals surface area contributed by atoms with Crippen molar-refractivity contribution < 1.29 is 23.5 Å². The monoisotopic (exact) mass is 381 g/mol. The van der Waals surface area contributed by atoms with Gasteiger partial charge in [-0.1, -0.05) is 6.08 Å². The van der Waals surface area contributed by atoms with Gasteiger partial charge in [0.1, 0.15) is 11.3 Å². The Morgan fingerprint density at radius 3 is 2.36 bits per heavy atom. The van der Waals surface area contributed by atoms with Gasteiger partial charge in [-0.05, 0) is 49.3 Å². The summed E-state index contributed by atoms with van der Waals surface area (Å²) in [6.45, 7) is 3.62. The lowest BCUT2D eigenvalue weighted by Crippen LogP contribution is -2.27. The maximum absolute atomic E-state index is 12.6. The third-order valence-corrected chi connectivity index (χ3v) is 4.42. The van der Waals surface area contributed by atoms with Gasteiger partial charge < -0.3 is 18.8 Å². The highest BCUT2D eigenvalue weighted by Crippen LogP contribution is 2.32. The lowest BCUT2D eigenvalue weighted by Gasteiger charge is -2.25. The van der Waals surface area contributed by atoms with Crippen molar-refractivity contribution in [3.8, 4) is 0 Å². The van der Waals surface area contributed by atoms with Crippen LogP contribution in [-0.2, 0) is 19.1 Å². The maximum atomic E-state index is 12.6. The molecule has 0 radical (unpaired) electrons. The molecule has 0 unspecified atom stereocenters. The van der Waals surface area contributed by atoms with Gasteiger partial charge in [-0.3, -0.25) is 0 Å². The first-order valence-corrected chi connectivity index (χ1v) is 8.47. The first-order valence-electron chi connectivity index (χ1n) is 8.47. The molecule has 0 aliphatic carbocycles. The molecule has 1 aliphatic heterocycles. The molecule has 7 heteroatoms. The number of esters is 2. The van der Waals surface area contributed by atoms with Crippen LogP contribution in [-0.4, -0.2) is 26.2 Å². The van der Waals surface area contributed by atoms with Gasteiger partial charge in [-0.25, -0.2) is 14.4 Å². The zero-order valence-corrected chi connectivity index (χ0v) is 15.9. The highest BCUT2D eigenvalue weighted by molar-refractivity contribution is 6.06. The van der Waals surface area contributed by atoms with Crippen molar-refractivity contribution in [2.45, 2.75) is 13.8 Å². The minimum Gasteiger partial charge on any atom is -0.465 e. The molecule has 0 fully saturated rings. The second kappa shape index (κ2) is 7.56. The van der Waals surface area contributed by atoms with Crippen LogP contribution in [0.5, 0.6) is 0 Å². The summed E-state index contributed by atoms with van der Waals surface area (Å²) < 4.78 is 15.0. The molecule has 2 heterocycles. The number of allylic oxidation sites excluding steroid dienone is 2. The largest absolute Gasteiger partial charge is 0.465 e. The second-order valence-corrected chi connectivity index (χ2v) is 6.20. The summed E-state index contributed by atoms with van der Waals surface area (Å²) in [7, 11) is 2.49. The summed E-state index contributed by atoms with van der Waals surface area (Å²) in [5.41, 5.74) is 2.21. The van der Waals surface area contributed by atoms with E-state index in [1.807, 2.05) is 6.92 Å². The average Bonchev–Trinajstić information content (AvgIpc) is 2.89. The Labute approximate surface area is 161 Å². The standard InChI is InChI=1S/C21H19NO6/c1-12-10-18(23)28-17-9-13(2)16(11-15(12)17)22-8-6-5-7-14(20(24)26-3)19(22)21(25)27-4/h5-11H,1-4H3. The first-order chi connectivity index (χ1) is 13.4. The Morgan fingerprint density at radius 2 is 1.68 bits per heavy atom. The third-order valence-electron chi connectivity index (χ3n) is 4.42. The summed E-state index contributed by atoms with van der Waals surface area (Å²) >= 11 is 0. The fraction of sp³-hybridized carbons (Fsp3) is 0.190. The summed E-state index contributed by atoms with van der Waals surface area (Å²) in [6.07, 6.45) is 6.48. The van der Waals surface area contributed by atoms with Crippen LogP contribution in [0.2, 0.25) is 0 Å². The lowest BCUT2D eigenvalue weighted by atomic mass is 10.0. The molecule has 1 aliphatic rings. The van der Waals surface area contributed by atoms with Crippen molar-refractivity contribution in [1.29, 1.82) is 0 Å². The molecule has 7 nitrogen and oxygen atoms in total. The number of methoxy groups -OCH3 is 2. The number of aryl methyl sites for hydroxylation is 2. The van der Waals surface area contributed by atoms with Crippen LogP contribution in [0.1, 0.15) is 11.1 Å². The van der Waals surface area contributed by atoms with Crippen molar-refractivity contribution in [3.05, 3.63) is 75.4 Å². The van der Waals surface area contributed by atoms with Crippen LogP contribution >= 0.6 is 0 Å². The third kappa shape index (κ3) is 3.34. The molecule has 0 bridgehead atoms. The summed E-state index contributed by atoms with van der Waals surface area (Å²) in [6, 6.07) is 4.92. The van der Waals surface area contributed by atoms with Gasteiger partial charge in [-0.15, -0.1) is 0 Å². The fourth-order valence-corrected chi connectivity index (χ4v) is 3.07. The zero-order chi connectivity index (χ0) is 20.4. The van der Waals surface area contributed by atoms with Crippen LogP contribution in [0.4, 0.5) is 5.69 Å². The Hall–Kier alpha value is -3.61. The molecule has 0 saturated heterocycles. The van der Waals surface area contributed by atoms with Gasteiger partial charge in [0.15, 0.2) is 0 Å². The molecule has 0 amide bonds. The molecule has 1 aromatic heterocycles. The second-order valence-electron chi connectivity index (χ2n) is 6.20. The Morgan fingerprint density at radius 1 is 0.964 bits per heavy atom. The topological polar surface area (TPSA) is 86.1 Å². The van der Waals surface area contributed by atoms with E-state index in [9.17, 15) is 14.4 Å². The normalized spacial score (nSPS) is 13.6. The molecule has 0 N–H and O–H groups in total. The summed E-state index contributed by atoms with van der Waals surface area (Å²) in [4.78, 5) is 38.1. The number of rotatable bonds is 3. The average molecular weight is 381 g/mol. The van der Waals surface area contributed by atoms with E-state index in [0.717, 1.165) is 16.5 Å². The molecule has 0 spiro atoms. The van der Waals surface area contributed by atoms with Crippen molar-refractivity contribution in [1.82, 2.24) is 0 Å². The first kappa shape index (κ1) is 19.2. The van der Waals surface area contributed by atoms with E-state index in [1.165, 1.54) is 26.4 Å². The van der Waals surface area contributed by atoms with Crippen LogP contribution in [0.25, 0.3) is 11.0 Å². The smallest absolute Gasteiger partial charge is 0.355 e. The van der Waals surface area contributed by atoms with Gasteiger partial charge in [-0.2, -0.15) is 0 Å². The van der Waals surface area contributed by atoms with Gasteiger partial charge in [0, 0.05) is 23.3 Å². The number of fused-ring (bicyclic) bond motifs is 1. The minimum atomic E-state index is -0.688. The molecule has 0 atom stereocenters. The van der Waals surface area contributed by atoms with Crippen LogP contribution in [0.3, 0.4) is 0 Å². The highest BCUT2D eigenvalue weighted by atomic mass is 16.5. The number of benzene rings is 1. The molecule has 144 valence electrons. The Bertz CT molecular complexity index is 1120. The van der Waals surface area contributed by atoms with Gasteiger partial charge in [0.2, 0.25) is 0 Å². The van der Waals surface area contributed by atoms with E-state index >= 15 is 0 Å². The number of carbonyl (C=O) groups excluding carboxylic acids is 2. The van der Waals surface area contributed by atoms with Crippen LogP contribution < -0.4 is 10.5 Å². The van der Waals surface area contributed by atoms with E-state index in [-0.39, 0.29) is 11.3 Å². The Balaban J connectivity index is 2.31. The fourth-order valence-electron chi connectivity index (χ4n) is 3.07. The van der Waals surface area contributed by atoms with Crippen molar-refractivity contribution >= 4 is 28.6 Å². The summed E-state index contributed by atoms with van der Waals surface area (Å²) in [5, 5.41) is 0.717. The number of hydrogen-bond donors (Lipinski definition) is 0. The number of hydrogen-bond acceptors (Lipinski definition) is 7.